The second-order valence-electron chi connectivity index (χ2n) is 12.6. The van der Waals surface area contributed by atoms with E-state index in [2.05, 4.69) is 22.2 Å². The average molecular weight is 604 g/mol. The zero-order valence-corrected chi connectivity index (χ0v) is 25.4. The van der Waals surface area contributed by atoms with Gasteiger partial charge in [-0.05, 0) is 76.1 Å². The summed E-state index contributed by atoms with van der Waals surface area (Å²) in [6.07, 6.45) is 2.38. The zero-order chi connectivity index (χ0) is 30.9. The highest BCUT2D eigenvalue weighted by atomic mass is 19.4. The number of nitrogens with zero attached hydrogens (tertiary/aromatic N) is 4. The van der Waals surface area contributed by atoms with E-state index in [0.29, 0.717) is 44.7 Å². The Kier molecular flexibility index (Phi) is 9.23. The number of piperazine rings is 1. The van der Waals surface area contributed by atoms with Gasteiger partial charge in [0.15, 0.2) is 0 Å². The molecule has 2 aliphatic heterocycles. The van der Waals surface area contributed by atoms with Gasteiger partial charge in [0.05, 0.1) is 23.0 Å². The normalized spacial score (nSPS) is 22.7. The van der Waals surface area contributed by atoms with E-state index in [0.717, 1.165) is 74.0 Å². The number of hydrogen-bond acceptors (Lipinski definition) is 5. The zero-order valence-electron chi connectivity index (χ0n) is 25.4. The van der Waals surface area contributed by atoms with E-state index >= 15 is 0 Å². The molecule has 0 unspecified atom stereocenters. The average Bonchev–Trinajstić information content (AvgIpc) is 3.28. The van der Waals surface area contributed by atoms with Gasteiger partial charge in [0.2, 0.25) is 11.8 Å². The molecule has 236 valence electrons. The van der Waals surface area contributed by atoms with Gasteiger partial charge >= 0.3 is 6.18 Å². The second kappa shape index (κ2) is 12.6. The van der Waals surface area contributed by atoms with Crippen LogP contribution in [0, 0.1) is 19.8 Å². The lowest BCUT2D eigenvalue weighted by Crippen LogP contribution is -2.75. The van der Waals surface area contributed by atoms with Gasteiger partial charge in [-0.1, -0.05) is 32.6 Å². The number of aryl methyl sites for hydroxylation is 1. The van der Waals surface area contributed by atoms with Crippen molar-refractivity contribution in [3.05, 3.63) is 46.8 Å². The fourth-order valence-corrected chi connectivity index (χ4v) is 7.21. The van der Waals surface area contributed by atoms with Gasteiger partial charge in [-0.15, -0.1) is 0 Å². The molecule has 1 aromatic carbocycles. The van der Waals surface area contributed by atoms with Gasteiger partial charge < -0.3 is 15.3 Å². The maximum Gasteiger partial charge on any atom is 0.416 e. The Morgan fingerprint density at radius 3 is 2.33 bits per heavy atom. The van der Waals surface area contributed by atoms with Gasteiger partial charge in [-0.2, -0.15) is 18.3 Å². The molecule has 1 aliphatic carbocycles. The van der Waals surface area contributed by atoms with E-state index in [9.17, 15) is 27.9 Å². The van der Waals surface area contributed by atoms with E-state index < -0.39 is 29.4 Å². The molecule has 0 bridgehead atoms. The Morgan fingerprint density at radius 2 is 1.72 bits per heavy atom. The van der Waals surface area contributed by atoms with Crippen molar-refractivity contribution in [1.29, 1.82) is 0 Å². The third-order valence-corrected chi connectivity index (χ3v) is 9.91. The molecule has 3 fully saturated rings. The van der Waals surface area contributed by atoms with Crippen LogP contribution in [0.5, 0.6) is 0 Å². The van der Waals surface area contributed by atoms with Crippen LogP contribution in [0.1, 0.15) is 87.2 Å². The number of benzene rings is 1. The molecular formula is C32H44F3N5O3. The smallest absolute Gasteiger partial charge is 0.390 e. The molecule has 8 nitrogen and oxygen atoms in total. The topological polar surface area (TPSA) is 90.7 Å². The van der Waals surface area contributed by atoms with E-state index in [1.54, 1.807) is 9.58 Å². The van der Waals surface area contributed by atoms with E-state index in [4.69, 9.17) is 0 Å². The molecular weight excluding hydrogens is 559 g/mol. The third kappa shape index (κ3) is 6.20. The predicted octanol–water partition coefficient (Wildman–Crippen LogP) is 4.91. The maximum atomic E-state index is 13.9. The number of aliphatic hydroxyl groups excluding tert-OH is 1. The molecule has 2 atom stereocenters. The van der Waals surface area contributed by atoms with Crippen LogP contribution < -0.4 is 5.32 Å². The molecule has 0 radical (unpaired) electrons. The van der Waals surface area contributed by atoms with Gasteiger partial charge in [0, 0.05) is 37.4 Å². The number of aromatic nitrogens is 2. The first-order chi connectivity index (χ1) is 20.5. The van der Waals surface area contributed by atoms with E-state index in [-0.39, 0.29) is 17.7 Å². The first kappa shape index (κ1) is 31.5. The van der Waals surface area contributed by atoms with Crippen LogP contribution >= 0.6 is 0 Å². The van der Waals surface area contributed by atoms with Crippen LogP contribution in [0.2, 0.25) is 0 Å². The van der Waals surface area contributed by atoms with Crippen molar-refractivity contribution in [2.45, 2.75) is 109 Å². The molecule has 1 aromatic heterocycles. The van der Waals surface area contributed by atoms with Gasteiger partial charge in [0.25, 0.3) is 0 Å². The molecule has 3 heterocycles. The van der Waals surface area contributed by atoms with Crippen LogP contribution in [0.4, 0.5) is 13.2 Å². The highest BCUT2D eigenvalue weighted by Gasteiger charge is 2.55. The Balaban J connectivity index is 1.29. The number of rotatable bonds is 8. The highest BCUT2D eigenvalue weighted by Crippen LogP contribution is 2.37. The monoisotopic (exact) mass is 603 g/mol. The number of carbonyl (C=O) groups is 2. The van der Waals surface area contributed by atoms with Crippen LogP contribution in [-0.2, 0) is 22.3 Å². The van der Waals surface area contributed by atoms with Crippen molar-refractivity contribution in [2.75, 3.05) is 19.6 Å². The number of aliphatic hydroxyl groups is 1. The molecule has 3 aliphatic rings. The summed E-state index contributed by atoms with van der Waals surface area (Å²) in [6.45, 7) is 8.15. The number of unbranched alkanes of at least 4 members (excludes halogenated alkanes) is 1. The first-order valence-corrected chi connectivity index (χ1v) is 15.7. The Labute approximate surface area is 251 Å². The summed E-state index contributed by atoms with van der Waals surface area (Å²) in [4.78, 5) is 31.7. The summed E-state index contributed by atoms with van der Waals surface area (Å²) in [5.41, 5.74) is 1.58. The fraction of sp³-hybridized carbons (Fsp3) is 0.656. The van der Waals surface area contributed by atoms with E-state index in [1.807, 2.05) is 13.8 Å². The largest absolute Gasteiger partial charge is 0.416 e. The third-order valence-electron chi connectivity index (χ3n) is 9.91. The molecule has 2 aromatic rings. The Bertz CT molecular complexity index is 1290. The minimum Gasteiger partial charge on any atom is -0.390 e. The van der Waals surface area contributed by atoms with Crippen LogP contribution in [0.25, 0.3) is 5.69 Å². The Hall–Kier alpha value is -2.92. The minimum absolute atomic E-state index is 0.0295. The molecule has 2 N–H and O–H groups in total. The Morgan fingerprint density at radius 1 is 1.07 bits per heavy atom. The van der Waals surface area contributed by atoms with Gasteiger partial charge in [0.1, 0.15) is 11.6 Å². The van der Waals surface area contributed by atoms with Crippen molar-refractivity contribution in [1.82, 2.24) is 24.9 Å². The van der Waals surface area contributed by atoms with Crippen molar-refractivity contribution in [3.8, 4) is 5.69 Å². The van der Waals surface area contributed by atoms with Crippen molar-refractivity contribution >= 4 is 11.8 Å². The molecule has 2 amide bonds. The molecule has 5 rings (SSSR count). The predicted molar refractivity (Wildman–Crippen MR) is 156 cm³/mol. The fourth-order valence-electron chi connectivity index (χ4n) is 7.21. The number of likely N-dealkylation sites (tertiary alicyclic amines) is 1. The number of alkyl halides is 3. The standard InChI is InChI=1S/C32H44F3N5O3/c1-4-5-17-39-29(42)27(28(41)23-9-7-6-8-10-23)36-30(43)31(39)15-18-38(19-16-31)20-26-21(2)37-40(22(26)3)25-13-11-24(12-14-25)32(33,34)35/h11-14,23,27-28,41H,4-10,15-20H2,1-3H3,(H,36,43)/t27-,28-/m1/s1. The molecule has 2 saturated heterocycles. The van der Waals surface area contributed by atoms with Crippen LogP contribution in [0.3, 0.4) is 0 Å². The number of piperidine rings is 1. The summed E-state index contributed by atoms with van der Waals surface area (Å²) in [5, 5.41) is 18.8. The molecule has 43 heavy (non-hydrogen) atoms. The molecule has 1 spiro atoms. The summed E-state index contributed by atoms with van der Waals surface area (Å²) < 4.78 is 40.8. The number of carbonyl (C=O) groups excluding carboxylic acids is 2. The van der Waals surface area contributed by atoms with Crippen molar-refractivity contribution in [3.63, 3.8) is 0 Å². The quantitative estimate of drug-likeness (QED) is 0.448. The summed E-state index contributed by atoms with van der Waals surface area (Å²) >= 11 is 0. The molecule has 11 heteroatoms. The van der Waals surface area contributed by atoms with Crippen LogP contribution in [0.15, 0.2) is 24.3 Å². The first-order valence-electron chi connectivity index (χ1n) is 15.7. The summed E-state index contributed by atoms with van der Waals surface area (Å²) in [5.74, 6) is -0.295. The lowest BCUT2D eigenvalue weighted by atomic mass is 9.78. The maximum absolute atomic E-state index is 13.9. The summed E-state index contributed by atoms with van der Waals surface area (Å²) in [7, 11) is 0. The molecule has 1 saturated carbocycles. The lowest BCUT2D eigenvalue weighted by molar-refractivity contribution is -0.166. The van der Waals surface area contributed by atoms with Crippen molar-refractivity contribution < 1.29 is 27.9 Å². The summed E-state index contributed by atoms with van der Waals surface area (Å²) in [6, 6.07) is 4.10. The van der Waals surface area contributed by atoms with Gasteiger partial charge in [-0.3, -0.25) is 14.5 Å². The lowest BCUT2D eigenvalue weighted by Gasteiger charge is -2.52. The number of amides is 2. The number of halogens is 3. The van der Waals surface area contributed by atoms with Crippen molar-refractivity contribution in [2.24, 2.45) is 5.92 Å². The highest BCUT2D eigenvalue weighted by molar-refractivity contribution is 6.00. The number of hydrogen-bond donors (Lipinski definition) is 2. The minimum atomic E-state index is -4.40. The van der Waals surface area contributed by atoms with Crippen LogP contribution in [-0.4, -0.2) is 73.8 Å². The number of nitrogens with one attached hydrogen (secondary N) is 1. The van der Waals surface area contributed by atoms with E-state index in [1.165, 1.54) is 12.1 Å². The second-order valence-corrected chi connectivity index (χ2v) is 12.6. The van der Waals surface area contributed by atoms with Gasteiger partial charge in [-0.25, -0.2) is 4.68 Å². The SMILES string of the molecule is CCCCN1C(=O)[C@@H]([C@H](O)C2CCCCC2)NC(=O)C12CCN(Cc1c(C)nn(-c3ccc(C(F)(F)F)cc3)c1C)CC2.